The van der Waals surface area contributed by atoms with Crippen LogP contribution in [0, 0.1) is 5.82 Å². The first-order valence-corrected chi connectivity index (χ1v) is 10.1. The lowest BCUT2D eigenvalue weighted by atomic mass is 9.97. The fourth-order valence-electron chi connectivity index (χ4n) is 3.95. The average Bonchev–Trinajstić information content (AvgIpc) is 2.99. The number of pyridine rings is 1. The monoisotopic (exact) mass is 405 g/mol. The highest BCUT2D eigenvalue weighted by Gasteiger charge is 2.40. The molecule has 154 valence electrons. The van der Waals surface area contributed by atoms with E-state index in [1.54, 1.807) is 6.07 Å². The summed E-state index contributed by atoms with van der Waals surface area (Å²) in [7, 11) is 1.98. The Bertz CT molecular complexity index is 1130. The van der Waals surface area contributed by atoms with E-state index in [9.17, 15) is 14.0 Å². The van der Waals surface area contributed by atoms with Gasteiger partial charge in [-0.25, -0.2) is 4.39 Å². The van der Waals surface area contributed by atoms with Gasteiger partial charge in [0, 0.05) is 31.2 Å². The zero-order valence-electron chi connectivity index (χ0n) is 17.4. The Morgan fingerprint density at radius 1 is 1.03 bits per heavy atom. The van der Waals surface area contributed by atoms with E-state index in [-0.39, 0.29) is 23.3 Å². The molecule has 2 heterocycles. The molecule has 1 aromatic heterocycles. The van der Waals surface area contributed by atoms with Gasteiger partial charge >= 0.3 is 0 Å². The van der Waals surface area contributed by atoms with Gasteiger partial charge in [-0.3, -0.25) is 19.5 Å². The number of carbonyl (C=O) groups excluding carboxylic acids is 2. The zero-order chi connectivity index (χ0) is 21.4. The molecule has 3 aromatic rings. The van der Waals surface area contributed by atoms with E-state index < -0.39 is 5.82 Å². The molecule has 5 nitrogen and oxygen atoms in total. The van der Waals surface area contributed by atoms with Gasteiger partial charge in [0.15, 0.2) is 0 Å². The third-order valence-corrected chi connectivity index (χ3v) is 5.51. The normalized spacial score (nSPS) is 13.4. The van der Waals surface area contributed by atoms with Gasteiger partial charge in [0.25, 0.3) is 11.8 Å². The van der Waals surface area contributed by atoms with Crippen molar-refractivity contribution in [3.05, 3.63) is 71.2 Å². The van der Waals surface area contributed by atoms with Crippen LogP contribution in [0.3, 0.4) is 0 Å². The fourth-order valence-corrected chi connectivity index (χ4v) is 3.95. The van der Waals surface area contributed by atoms with Crippen molar-refractivity contribution in [3.63, 3.8) is 0 Å². The van der Waals surface area contributed by atoms with Crippen LogP contribution < -0.4 is 4.90 Å². The lowest BCUT2D eigenvalue weighted by molar-refractivity contribution is 0.0653. The number of aromatic nitrogens is 1. The van der Waals surface area contributed by atoms with Gasteiger partial charge in [0.05, 0.1) is 22.3 Å². The summed E-state index contributed by atoms with van der Waals surface area (Å²) in [6, 6.07) is 14.1. The molecule has 1 aliphatic rings. The molecule has 6 heteroatoms. The van der Waals surface area contributed by atoms with Crippen LogP contribution in [0.2, 0.25) is 0 Å². The summed E-state index contributed by atoms with van der Waals surface area (Å²) >= 11 is 0. The second-order valence-corrected chi connectivity index (χ2v) is 7.94. The highest BCUT2D eigenvalue weighted by Crippen LogP contribution is 2.34. The van der Waals surface area contributed by atoms with E-state index in [2.05, 4.69) is 9.88 Å². The molecule has 0 saturated heterocycles. The quantitative estimate of drug-likeness (QED) is 0.562. The minimum absolute atomic E-state index is 0.0332. The number of halogens is 1. The van der Waals surface area contributed by atoms with Crippen molar-refractivity contribution in [3.8, 4) is 0 Å². The number of para-hydroxylation sites is 1. The molecular weight excluding hydrogens is 381 g/mol. The molecular formula is C24H24FN3O2. The summed E-state index contributed by atoms with van der Waals surface area (Å²) in [6.07, 6.45) is 0.633. The third kappa shape index (κ3) is 3.43. The van der Waals surface area contributed by atoms with Crippen molar-refractivity contribution in [2.24, 2.45) is 0 Å². The topological polar surface area (TPSA) is 53.5 Å². The Morgan fingerprint density at radius 3 is 2.43 bits per heavy atom. The van der Waals surface area contributed by atoms with Crippen LogP contribution >= 0.6 is 0 Å². The lowest BCUT2D eigenvalue weighted by Crippen LogP contribution is -2.33. The molecule has 0 saturated carbocycles. The largest absolute Gasteiger partial charge is 0.375 e. The SMILES string of the molecule is CC(C)c1nc2ccc(F)cc2c2c1C(=O)N(CCCN(C)c1ccccc1)C2=O. The number of rotatable bonds is 6. The van der Waals surface area contributed by atoms with Gasteiger partial charge in [-0.2, -0.15) is 0 Å². The van der Waals surface area contributed by atoms with Crippen LogP contribution in [0.25, 0.3) is 10.9 Å². The Balaban J connectivity index is 1.62. The van der Waals surface area contributed by atoms with E-state index in [0.717, 1.165) is 5.69 Å². The number of imide groups is 1. The van der Waals surface area contributed by atoms with Crippen LogP contribution in [0.4, 0.5) is 10.1 Å². The predicted octanol–water partition coefficient (Wildman–Crippen LogP) is 4.62. The van der Waals surface area contributed by atoms with Crippen molar-refractivity contribution >= 4 is 28.4 Å². The second kappa shape index (κ2) is 7.86. The van der Waals surface area contributed by atoms with Gasteiger partial charge in [-0.1, -0.05) is 32.0 Å². The summed E-state index contributed by atoms with van der Waals surface area (Å²) in [6.45, 7) is 4.88. The van der Waals surface area contributed by atoms with Crippen molar-refractivity contribution in [1.29, 1.82) is 0 Å². The van der Waals surface area contributed by atoms with E-state index in [4.69, 9.17) is 0 Å². The summed E-state index contributed by atoms with van der Waals surface area (Å²) < 4.78 is 13.9. The van der Waals surface area contributed by atoms with Crippen LogP contribution in [-0.4, -0.2) is 41.8 Å². The average molecular weight is 405 g/mol. The highest BCUT2D eigenvalue weighted by molar-refractivity contribution is 6.26. The van der Waals surface area contributed by atoms with Crippen molar-refractivity contribution in [2.75, 3.05) is 25.0 Å². The highest BCUT2D eigenvalue weighted by atomic mass is 19.1. The lowest BCUT2D eigenvalue weighted by Gasteiger charge is -2.21. The Labute approximate surface area is 175 Å². The summed E-state index contributed by atoms with van der Waals surface area (Å²) in [5, 5.41) is 0.400. The molecule has 0 N–H and O–H groups in total. The summed E-state index contributed by atoms with van der Waals surface area (Å²) in [4.78, 5) is 34.3. The number of benzene rings is 2. The molecule has 0 unspecified atom stereocenters. The molecule has 30 heavy (non-hydrogen) atoms. The van der Waals surface area contributed by atoms with Crippen LogP contribution in [-0.2, 0) is 0 Å². The maximum atomic E-state index is 13.9. The fraction of sp³-hybridized carbons (Fsp3) is 0.292. The van der Waals surface area contributed by atoms with Crippen LogP contribution in [0.5, 0.6) is 0 Å². The molecule has 1 aliphatic heterocycles. The Morgan fingerprint density at radius 2 is 1.73 bits per heavy atom. The maximum Gasteiger partial charge on any atom is 0.263 e. The van der Waals surface area contributed by atoms with Crippen molar-refractivity contribution < 1.29 is 14.0 Å². The van der Waals surface area contributed by atoms with E-state index in [1.807, 2.05) is 51.2 Å². The van der Waals surface area contributed by atoms with Crippen LogP contribution in [0.1, 0.15) is 52.6 Å². The minimum Gasteiger partial charge on any atom is -0.375 e. The number of fused-ring (bicyclic) bond motifs is 3. The summed E-state index contributed by atoms with van der Waals surface area (Å²) in [5.74, 6) is -1.18. The first-order chi connectivity index (χ1) is 14.4. The Hall–Kier alpha value is -3.28. The zero-order valence-corrected chi connectivity index (χ0v) is 17.4. The number of nitrogens with zero attached hydrogens (tertiary/aromatic N) is 3. The molecule has 0 radical (unpaired) electrons. The van der Waals surface area contributed by atoms with Crippen molar-refractivity contribution in [2.45, 2.75) is 26.2 Å². The molecule has 0 fully saturated rings. The number of hydrogen-bond acceptors (Lipinski definition) is 4. The van der Waals surface area contributed by atoms with Gasteiger partial charge in [-0.05, 0) is 42.7 Å². The number of hydrogen-bond donors (Lipinski definition) is 0. The molecule has 4 rings (SSSR count). The maximum absolute atomic E-state index is 13.9. The molecule has 2 aromatic carbocycles. The van der Waals surface area contributed by atoms with Gasteiger partial charge in [-0.15, -0.1) is 0 Å². The molecule has 0 atom stereocenters. The number of anilines is 1. The van der Waals surface area contributed by atoms with E-state index >= 15 is 0 Å². The first-order valence-electron chi connectivity index (χ1n) is 10.1. The number of amides is 2. The second-order valence-electron chi connectivity index (χ2n) is 7.94. The number of carbonyl (C=O) groups is 2. The first kappa shape index (κ1) is 20.0. The minimum atomic E-state index is -0.452. The standard InChI is InChI=1S/C24H24FN3O2/c1-15(2)22-21-20(18-14-16(25)10-11-19(18)26-22)23(29)28(24(21)30)13-7-12-27(3)17-8-5-4-6-9-17/h4-6,8-11,14-15H,7,12-13H2,1-3H3. The molecule has 0 aliphatic carbocycles. The van der Waals surface area contributed by atoms with Gasteiger partial charge < -0.3 is 4.90 Å². The predicted molar refractivity (Wildman–Crippen MR) is 115 cm³/mol. The van der Waals surface area contributed by atoms with Crippen LogP contribution in [0.15, 0.2) is 48.5 Å². The van der Waals surface area contributed by atoms with E-state index in [0.29, 0.717) is 41.7 Å². The smallest absolute Gasteiger partial charge is 0.263 e. The summed E-state index contributed by atoms with van der Waals surface area (Å²) in [5.41, 5.74) is 2.80. The third-order valence-electron chi connectivity index (χ3n) is 5.51. The Kier molecular flexibility index (Phi) is 5.24. The van der Waals surface area contributed by atoms with Gasteiger partial charge in [0.1, 0.15) is 5.82 Å². The van der Waals surface area contributed by atoms with Gasteiger partial charge in [0.2, 0.25) is 0 Å². The molecule has 0 bridgehead atoms. The molecule has 2 amide bonds. The molecule has 0 spiro atoms. The van der Waals surface area contributed by atoms with E-state index in [1.165, 1.54) is 17.0 Å². The van der Waals surface area contributed by atoms with Crippen molar-refractivity contribution in [1.82, 2.24) is 9.88 Å².